The first-order valence-electron chi connectivity index (χ1n) is 12.1. The van der Waals surface area contributed by atoms with Crippen LogP contribution in [0.25, 0.3) is 0 Å². The number of hydrogen-bond acceptors (Lipinski definition) is 0. The Labute approximate surface area is 188 Å². The third-order valence-corrected chi connectivity index (χ3v) is 6.37. The van der Waals surface area contributed by atoms with E-state index in [4.69, 9.17) is 0 Å². The molecule has 0 N–H and O–H groups in total. The van der Waals surface area contributed by atoms with Crippen molar-refractivity contribution in [3.63, 3.8) is 0 Å². The summed E-state index contributed by atoms with van der Waals surface area (Å²) in [6.07, 6.45) is 12.3. The summed E-state index contributed by atoms with van der Waals surface area (Å²) in [5.41, 5.74) is 3.43. The Hall–Kier alpha value is -2.51. The average Bonchev–Trinajstić information content (AvgIpc) is 2.79. The zero-order valence-corrected chi connectivity index (χ0v) is 19.1. The molecule has 1 aliphatic carbocycles. The van der Waals surface area contributed by atoms with Crippen LogP contribution in [0.2, 0.25) is 0 Å². The van der Waals surface area contributed by atoms with Gasteiger partial charge in [0.05, 0.1) is 5.56 Å². The first-order valence-corrected chi connectivity index (χ1v) is 12.1. The molecule has 0 amide bonds. The molecule has 0 bridgehead atoms. The SMILES string of the molecule is CCCC#Cc1ccc(C#Cc2ccc(CCC3CCC(CCC)CC3)cc2F)cc1. The van der Waals surface area contributed by atoms with Crippen LogP contribution in [0.1, 0.15) is 93.9 Å². The zero-order chi connectivity index (χ0) is 21.9. The van der Waals surface area contributed by atoms with Crippen LogP contribution in [0, 0.1) is 41.3 Å². The molecule has 0 aliphatic heterocycles. The quantitative estimate of drug-likeness (QED) is 0.421. The highest BCUT2D eigenvalue weighted by atomic mass is 19.1. The first-order chi connectivity index (χ1) is 15.2. The number of hydrogen-bond donors (Lipinski definition) is 0. The van der Waals surface area contributed by atoms with Gasteiger partial charge >= 0.3 is 0 Å². The Bertz CT molecular complexity index is 938. The molecule has 1 aliphatic rings. The lowest BCUT2D eigenvalue weighted by molar-refractivity contribution is 0.252. The Balaban J connectivity index is 1.53. The van der Waals surface area contributed by atoms with Gasteiger partial charge in [-0.05, 0) is 73.1 Å². The van der Waals surface area contributed by atoms with Gasteiger partial charge in [0.2, 0.25) is 0 Å². The van der Waals surface area contributed by atoms with Crippen LogP contribution >= 0.6 is 0 Å². The highest BCUT2D eigenvalue weighted by Crippen LogP contribution is 2.33. The topological polar surface area (TPSA) is 0 Å². The van der Waals surface area contributed by atoms with Crippen LogP contribution in [0.3, 0.4) is 0 Å². The average molecular weight is 415 g/mol. The number of aryl methyl sites for hydroxylation is 1. The summed E-state index contributed by atoms with van der Waals surface area (Å²) < 4.78 is 14.6. The summed E-state index contributed by atoms with van der Waals surface area (Å²) in [5, 5.41) is 0. The molecule has 0 radical (unpaired) electrons. The van der Waals surface area contributed by atoms with Gasteiger partial charge in [-0.25, -0.2) is 4.39 Å². The van der Waals surface area contributed by atoms with Gasteiger partial charge in [-0.15, -0.1) is 0 Å². The molecular formula is C30H35F. The van der Waals surface area contributed by atoms with Crippen molar-refractivity contribution < 1.29 is 4.39 Å². The van der Waals surface area contributed by atoms with E-state index in [0.717, 1.165) is 47.8 Å². The molecule has 0 heterocycles. The molecule has 162 valence electrons. The second-order valence-electron chi connectivity index (χ2n) is 8.91. The maximum atomic E-state index is 14.6. The lowest BCUT2D eigenvalue weighted by Gasteiger charge is -2.28. The predicted octanol–water partition coefficient (Wildman–Crippen LogP) is 7.92. The van der Waals surface area contributed by atoms with Gasteiger partial charge in [0, 0.05) is 17.5 Å². The minimum atomic E-state index is -0.210. The van der Waals surface area contributed by atoms with Crippen molar-refractivity contribution in [1.82, 2.24) is 0 Å². The summed E-state index contributed by atoms with van der Waals surface area (Å²) >= 11 is 0. The van der Waals surface area contributed by atoms with Gasteiger partial charge in [-0.3, -0.25) is 0 Å². The molecule has 31 heavy (non-hydrogen) atoms. The maximum absolute atomic E-state index is 14.6. The molecule has 2 aromatic rings. The van der Waals surface area contributed by atoms with Crippen LogP contribution in [0.15, 0.2) is 42.5 Å². The van der Waals surface area contributed by atoms with E-state index in [0.29, 0.717) is 5.56 Å². The number of benzene rings is 2. The standard InChI is InChI=1S/C30H35F/c1-3-5-6-8-25-11-15-27(16-12-25)19-21-29-22-20-28(23-30(29)31)18-17-26-13-9-24(7-4-2)10-14-26/h11-12,15-16,20,22-24,26H,3-5,7,9-10,13-14,17-18H2,1-2H3. The van der Waals surface area contributed by atoms with Crippen molar-refractivity contribution >= 4 is 0 Å². The van der Waals surface area contributed by atoms with Crippen molar-refractivity contribution in [2.75, 3.05) is 0 Å². The summed E-state index contributed by atoms with van der Waals surface area (Å²) in [6.45, 7) is 4.41. The van der Waals surface area contributed by atoms with E-state index in [9.17, 15) is 4.39 Å². The highest BCUT2D eigenvalue weighted by molar-refractivity contribution is 5.46. The molecule has 1 saturated carbocycles. The molecule has 1 heteroatoms. The second kappa shape index (κ2) is 12.4. The maximum Gasteiger partial charge on any atom is 0.139 e. The normalized spacial score (nSPS) is 17.9. The van der Waals surface area contributed by atoms with Crippen LogP contribution in [0.5, 0.6) is 0 Å². The smallest absolute Gasteiger partial charge is 0.139 e. The third kappa shape index (κ3) is 7.60. The molecule has 0 nitrogen and oxygen atoms in total. The van der Waals surface area contributed by atoms with Gasteiger partial charge in [-0.2, -0.15) is 0 Å². The molecule has 0 spiro atoms. The van der Waals surface area contributed by atoms with E-state index in [2.05, 4.69) is 37.5 Å². The van der Waals surface area contributed by atoms with Gasteiger partial charge in [0.15, 0.2) is 0 Å². The van der Waals surface area contributed by atoms with Gasteiger partial charge in [0.1, 0.15) is 5.82 Å². The summed E-state index contributed by atoms with van der Waals surface area (Å²) in [4.78, 5) is 0. The number of rotatable bonds is 6. The molecule has 0 atom stereocenters. The van der Waals surface area contributed by atoms with Crippen molar-refractivity contribution in [3.8, 4) is 23.7 Å². The minimum absolute atomic E-state index is 0.210. The monoisotopic (exact) mass is 414 g/mol. The van der Waals surface area contributed by atoms with E-state index in [1.807, 2.05) is 36.4 Å². The molecule has 2 aromatic carbocycles. The predicted molar refractivity (Wildman–Crippen MR) is 129 cm³/mol. The van der Waals surface area contributed by atoms with Gasteiger partial charge in [0.25, 0.3) is 0 Å². The first kappa shape index (κ1) is 23.2. The number of unbranched alkanes of at least 4 members (excludes halogenated alkanes) is 1. The van der Waals surface area contributed by atoms with Gasteiger partial charge in [-0.1, -0.05) is 82.1 Å². The summed E-state index contributed by atoms with van der Waals surface area (Å²) in [6, 6.07) is 13.4. The van der Waals surface area contributed by atoms with Crippen molar-refractivity contribution in [3.05, 3.63) is 70.5 Å². The molecule has 1 fully saturated rings. The fraction of sp³-hybridized carbons (Fsp3) is 0.467. The van der Waals surface area contributed by atoms with Gasteiger partial charge < -0.3 is 0 Å². The van der Waals surface area contributed by atoms with E-state index in [1.165, 1.54) is 44.9 Å². The van der Waals surface area contributed by atoms with Crippen LogP contribution < -0.4 is 0 Å². The molecule has 0 aromatic heterocycles. The zero-order valence-electron chi connectivity index (χ0n) is 19.1. The van der Waals surface area contributed by atoms with Crippen LogP contribution in [-0.2, 0) is 6.42 Å². The largest absolute Gasteiger partial charge is 0.206 e. The Morgan fingerprint density at radius 1 is 0.774 bits per heavy atom. The van der Waals surface area contributed by atoms with E-state index < -0.39 is 0 Å². The lowest BCUT2D eigenvalue weighted by atomic mass is 9.78. The third-order valence-electron chi connectivity index (χ3n) is 6.37. The minimum Gasteiger partial charge on any atom is -0.206 e. The number of halogens is 1. The fourth-order valence-electron chi connectivity index (χ4n) is 4.47. The van der Waals surface area contributed by atoms with Crippen LogP contribution in [0.4, 0.5) is 4.39 Å². The Kier molecular flexibility index (Phi) is 9.24. The summed E-state index contributed by atoms with van der Waals surface area (Å²) in [7, 11) is 0. The van der Waals surface area contributed by atoms with Crippen molar-refractivity contribution in [2.45, 2.75) is 78.1 Å². The lowest BCUT2D eigenvalue weighted by Crippen LogP contribution is -2.15. The molecule has 3 rings (SSSR count). The fourth-order valence-corrected chi connectivity index (χ4v) is 4.47. The van der Waals surface area contributed by atoms with E-state index in [-0.39, 0.29) is 5.82 Å². The van der Waals surface area contributed by atoms with Crippen LogP contribution in [-0.4, -0.2) is 0 Å². The molecule has 0 unspecified atom stereocenters. The van der Waals surface area contributed by atoms with E-state index in [1.54, 1.807) is 6.07 Å². The summed E-state index contributed by atoms with van der Waals surface area (Å²) in [5.74, 6) is 13.9. The van der Waals surface area contributed by atoms with Crippen molar-refractivity contribution in [1.29, 1.82) is 0 Å². The van der Waals surface area contributed by atoms with Crippen molar-refractivity contribution in [2.24, 2.45) is 11.8 Å². The molecular weight excluding hydrogens is 379 g/mol. The van der Waals surface area contributed by atoms with E-state index >= 15 is 0 Å². The Morgan fingerprint density at radius 2 is 1.42 bits per heavy atom. The Morgan fingerprint density at radius 3 is 2.03 bits per heavy atom. The molecule has 0 saturated heterocycles. The second-order valence-corrected chi connectivity index (χ2v) is 8.91. The highest BCUT2D eigenvalue weighted by Gasteiger charge is 2.20.